The molecule has 0 bridgehead atoms. The molecule has 0 saturated heterocycles. The molecule has 4 aromatic rings. The van der Waals surface area contributed by atoms with Crippen LogP contribution in [-0.2, 0) is 4.79 Å². The zero-order valence-electron chi connectivity index (χ0n) is 17.7. The Bertz CT molecular complexity index is 1290. The monoisotopic (exact) mass is 425 g/mol. The Hall–Kier alpha value is -4.06. The molecule has 0 unspecified atom stereocenters. The number of H-pyrrole nitrogens is 1. The average molecular weight is 425 g/mol. The lowest BCUT2D eigenvalue weighted by molar-refractivity contribution is -0.116. The second-order valence-electron chi connectivity index (χ2n) is 7.80. The van der Waals surface area contributed by atoms with Crippen LogP contribution in [0.3, 0.4) is 0 Å². The fourth-order valence-corrected chi connectivity index (χ4v) is 4.38. The Balaban J connectivity index is 1.39. The first-order valence-corrected chi connectivity index (χ1v) is 10.6. The second kappa shape index (κ2) is 8.23. The lowest BCUT2D eigenvalue weighted by atomic mass is 9.97. The number of hydrogen-bond donors (Lipinski definition) is 2. The summed E-state index contributed by atoms with van der Waals surface area (Å²) in [6, 6.07) is 22.7. The molecule has 6 nitrogen and oxygen atoms in total. The third-order valence-electron chi connectivity index (χ3n) is 5.93. The Kier molecular flexibility index (Phi) is 5.11. The van der Waals surface area contributed by atoms with Crippen LogP contribution in [0.2, 0.25) is 0 Å². The molecule has 1 aliphatic rings. The van der Waals surface area contributed by atoms with Crippen molar-refractivity contribution in [3.63, 3.8) is 0 Å². The molecule has 2 N–H and O–H groups in total. The van der Waals surface area contributed by atoms with Gasteiger partial charge in [-0.15, -0.1) is 0 Å². The van der Waals surface area contributed by atoms with Gasteiger partial charge in [-0.25, -0.2) is 0 Å². The fourth-order valence-electron chi connectivity index (χ4n) is 4.38. The lowest BCUT2D eigenvalue weighted by Gasteiger charge is -2.25. The molecule has 0 fully saturated rings. The summed E-state index contributed by atoms with van der Waals surface area (Å²) in [6.07, 6.45) is 2.17. The van der Waals surface area contributed by atoms with Gasteiger partial charge in [0.15, 0.2) is 0 Å². The van der Waals surface area contributed by atoms with E-state index in [4.69, 9.17) is 4.74 Å². The van der Waals surface area contributed by atoms with Crippen LogP contribution >= 0.6 is 0 Å². The van der Waals surface area contributed by atoms with Gasteiger partial charge < -0.3 is 19.9 Å². The Morgan fingerprint density at radius 3 is 2.56 bits per heavy atom. The molecule has 0 spiro atoms. The van der Waals surface area contributed by atoms with E-state index in [1.54, 1.807) is 36.3 Å². The molecule has 2 amide bonds. The molecule has 3 aromatic carbocycles. The molecule has 2 heterocycles. The minimum Gasteiger partial charge on any atom is -0.497 e. The minimum absolute atomic E-state index is 0.0480. The summed E-state index contributed by atoms with van der Waals surface area (Å²) in [4.78, 5) is 31.0. The van der Waals surface area contributed by atoms with Gasteiger partial charge in [0.25, 0.3) is 5.91 Å². The van der Waals surface area contributed by atoms with Gasteiger partial charge in [0.2, 0.25) is 5.91 Å². The average Bonchev–Trinajstić information content (AvgIpc) is 3.37. The number of aromatic amines is 1. The van der Waals surface area contributed by atoms with E-state index in [0.717, 1.165) is 27.8 Å². The number of hydrogen-bond acceptors (Lipinski definition) is 3. The lowest BCUT2D eigenvalue weighted by Crippen LogP contribution is -2.32. The summed E-state index contributed by atoms with van der Waals surface area (Å²) < 4.78 is 5.15. The molecular formula is C26H23N3O3. The van der Waals surface area contributed by atoms with Crippen molar-refractivity contribution in [2.45, 2.75) is 12.5 Å². The largest absolute Gasteiger partial charge is 0.497 e. The smallest absolute Gasteiger partial charge is 0.255 e. The molecule has 1 aliphatic heterocycles. The van der Waals surface area contributed by atoms with Crippen LogP contribution in [0.5, 0.6) is 5.75 Å². The van der Waals surface area contributed by atoms with Crippen LogP contribution < -0.4 is 10.1 Å². The van der Waals surface area contributed by atoms with E-state index < -0.39 is 0 Å². The van der Waals surface area contributed by atoms with E-state index in [1.165, 1.54) is 0 Å². The van der Waals surface area contributed by atoms with Gasteiger partial charge in [-0.2, -0.15) is 0 Å². The summed E-state index contributed by atoms with van der Waals surface area (Å²) >= 11 is 0. The highest BCUT2D eigenvalue weighted by Crippen LogP contribution is 2.41. The normalized spacial score (nSPS) is 15.1. The minimum atomic E-state index is -0.233. The van der Waals surface area contributed by atoms with E-state index in [9.17, 15) is 9.59 Å². The summed E-state index contributed by atoms with van der Waals surface area (Å²) in [5, 5.41) is 3.97. The highest BCUT2D eigenvalue weighted by molar-refractivity contribution is 6.01. The fraction of sp³-hybridized carbons (Fsp3) is 0.154. The first-order chi connectivity index (χ1) is 15.7. The summed E-state index contributed by atoms with van der Waals surface area (Å²) in [6.45, 7) is 0.319. The van der Waals surface area contributed by atoms with E-state index >= 15 is 0 Å². The number of carbonyl (C=O) groups excluding carboxylic acids is 2. The topological polar surface area (TPSA) is 74.4 Å². The van der Waals surface area contributed by atoms with Crippen LogP contribution in [0.25, 0.3) is 10.9 Å². The van der Waals surface area contributed by atoms with Crippen molar-refractivity contribution < 1.29 is 14.3 Å². The Morgan fingerprint density at radius 1 is 1.00 bits per heavy atom. The first kappa shape index (κ1) is 19.9. The summed E-state index contributed by atoms with van der Waals surface area (Å²) in [7, 11) is 1.60. The van der Waals surface area contributed by atoms with Crippen molar-refractivity contribution in [2.75, 3.05) is 19.0 Å². The third-order valence-corrected chi connectivity index (χ3v) is 5.93. The number of ether oxygens (including phenoxy) is 1. The number of anilines is 1. The number of para-hydroxylation sites is 1. The van der Waals surface area contributed by atoms with E-state index in [2.05, 4.69) is 16.4 Å². The molecule has 1 atom stereocenters. The van der Waals surface area contributed by atoms with Crippen LogP contribution in [0.1, 0.15) is 33.9 Å². The standard InChI is InChI=1S/C26H23N3O3/c1-32-18-12-10-17(11-13-18)28-24(30)14-15-29-25(20-7-2-3-8-21(20)26(29)31)22-16-27-23-9-5-4-6-19(22)23/h2-13,16,25,27H,14-15H2,1H3,(H,28,30)/t25-/m0/s1. The molecule has 1 aromatic heterocycles. The van der Waals surface area contributed by atoms with Crippen molar-refractivity contribution in [3.05, 3.63) is 95.7 Å². The number of fused-ring (bicyclic) bond motifs is 2. The number of rotatable bonds is 6. The summed E-state index contributed by atoms with van der Waals surface area (Å²) in [5.74, 6) is 0.537. The van der Waals surface area contributed by atoms with E-state index in [-0.39, 0.29) is 24.3 Å². The number of benzene rings is 3. The van der Waals surface area contributed by atoms with Gasteiger partial charge >= 0.3 is 0 Å². The van der Waals surface area contributed by atoms with Gasteiger partial charge in [0.05, 0.1) is 13.2 Å². The van der Waals surface area contributed by atoms with Crippen LogP contribution in [0, 0.1) is 0 Å². The van der Waals surface area contributed by atoms with Crippen molar-refractivity contribution in [3.8, 4) is 5.75 Å². The van der Waals surface area contributed by atoms with Crippen molar-refractivity contribution in [1.82, 2.24) is 9.88 Å². The molecule has 160 valence electrons. The number of carbonyl (C=O) groups is 2. The van der Waals surface area contributed by atoms with Gasteiger partial charge in [-0.3, -0.25) is 9.59 Å². The van der Waals surface area contributed by atoms with E-state index in [1.807, 2.05) is 48.7 Å². The van der Waals surface area contributed by atoms with Crippen molar-refractivity contribution in [2.24, 2.45) is 0 Å². The Labute approximate surface area is 185 Å². The maximum Gasteiger partial charge on any atom is 0.255 e. The number of nitrogens with zero attached hydrogens (tertiary/aromatic N) is 1. The Morgan fingerprint density at radius 2 is 1.75 bits per heavy atom. The molecule has 32 heavy (non-hydrogen) atoms. The van der Waals surface area contributed by atoms with Gasteiger partial charge in [0.1, 0.15) is 5.75 Å². The molecular weight excluding hydrogens is 402 g/mol. The number of aromatic nitrogens is 1. The molecule has 5 rings (SSSR count). The first-order valence-electron chi connectivity index (χ1n) is 10.6. The number of methoxy groups -OCH3 is 1. The third kappa shape index (κ3) is 3.50. The van der Waals surface area contributed by atoms with Gasteiger partial charge in [0, 0.05) is 46.9 Å². The van der Waals surface area contributed by atoms with Crippen LogP contribution in [0.15, 0.2) is 79.0 Å². The van der Waals surface area contributed by atoms with Crippen LogP contribution in [-0.4, -0.2) is 35.4 Å². The van der Waals surface area contributed by atoms with Gasteiger partial charge in [-0.1, -0.05) is 36.4 Å². The zero-order valence-corrected chi connectivity index (χ0v) is 17.7. The zero-order chi connectivity index (χ0) is 22.1. The second-order valence-corrected chi connectivity index (χ2v) is 7.80. The number of nitrogens with one attached hydrogen (secondary N) is 2. The predicted molar refractivity (Wildman–Crippen MR) is 124 cm³/mol. The van der Waals surface area contributed by atoms with Crippen molar-refractivity contribution >= 4 is 28.4 Å². The SMILES string of the molecule is COc1ccc(NC(=O)CCN2C(=O)c3ccccc3[C@H]2c2c[nH]c3ccccc23)cc1. The van der Waals surface area contributed by atoms with Crippen LogP contribution in [0.4, 0.5) is 5.69 Å². The molecule has 0 aliphatic carbocycles. The molecule has 6 heteroatoms. The highest BCUT2D eigenvalue weighted by atomic mass is 16.5. The maximum atomic E-state index is 13.2. The number of amides is 2. The summed E-state index contributed by atoms with van der Waals surface area (Å²) in [5.41, 5.74) is 4.42. The van der Waals surface area contributed by atoms with E-state index in [0.29, 0.717) is 17.8 Å². The molecule has 0 saturated carbocycles. The quantitative estimate of drug-likeness (QED) is 0.468. The predicted octanol–water partition coefficient (Wildman–Crippen LogP) is 4.75. The van der Waals surface area contributed by atoms with Gasteiger partial charge in [-0.05, 0) is 42.0 Å². The maximum absolute atomic E-state index is 13.2. The highest BCUT2D eigenvalue weighted by Gasteiger charge is 2.38. The molecule has 0 radical (unpaired) electrons. The van der Waals surface area contributed by atoms with Crippen molar-refractivity contribution in [1.29, 1.82) is 0 Å².